The molecule has 1 saturated heterocycles. The molecule has 0 unspecified atom stereocenters. The van der Waals surface area contributed by atoms with Gasteiger partial charge in [-0.1, -0.05) is 29.1 Å². The number of thiazole rings is 1. The van der Waals surface area contributed by atoms with Crippen LogP contribution in [-0.2, 0) is 5.75 Å². The molecule has 5 rings (SSSR count). The van der Waals surface area contributed by atoms with Gasteiger partial charge < -0.3 is 9.42 Å². The number of aromatic nitrogens is 3. The Morgan fingerprint density at radius 2 is 1.87 bits per heavy atom. The standard InChI is InChI=1S/C21H18N4O2S3/c26-20(25-9-11-28-12-10-25)15-7-5-14(6-8-15)19-23-18(24-27-19)13-29-21-22-16-3-1-2-4-17(16)30-21/h1-8H,9-13H2. The van der Waals surface area contributed by atoms with Gasteiger partial charge in [-0.2, -0.15) is 16.7 Å². The lowest BCUT2D eigenvalue weighted by Crippen LogP contribution is -2.37. The van der Waals surface area contributed by atoms with Gasteiger partial charge in [0.1, 0.15) is 0 Å². The number of thioether (sulfide) groups is 2. The van der Waals surface area contributed by atoms with Gasteiger partial charge in [-0.05, 0) is 36.4 Å². The topological polar surface area (TPSA) is 72.1 Å². The molecule has 152 valence electrons. The summed E-state index contributed by atoms with van der Waals surface area (Å²) in [4.78, 5) is 23.6. The van der Waals surface area contributed by atoms with Crippen LogP contribution in [0.25, 0.3) is 21.7 Å². The van der Waals surface area contributed by atoms with Gasteiger partial charge in [0, 0.05) is 35.7 Å². The molecule has 0 spiro atoms. The fourth-order valence-corrected chi connectivity index (χ4v) is 5.99. The maximum atomic E-state index is 12.6. The van der Waals surface area contributed by atoms with Crippen molar-refractivity contribution in [2.75, 3.05) is 24.6 Å². The minimum atomic E-state index is 0.0836. The highest BCUT2D eigenvalue weighted by Crippen LogP contribution is 2.31. The molecular weight excluding hydrogens is 436 g/mol. The number of nitrogens with zero attached hydrogens (tertiary/aromatic N) is 4. The molecule has 0 bridgehead atoms. The molecule has 0 atom stereocenters. The number of para-hydroxylation sites is 1. The molecule has 1 fully saturated rings. The highest BCUT2D eigenvalue weighted by atomic mass is 32.2. The Kier molecular flexibility index (Phi) is 5.74. The molecule has 1 aliphatic heterocycles. The quantitative estimate of drug-likeness (QED) is 0.400. The van der Waals surface area contributed by atoms with E-state index in [-0.39, 0.29) is 5.91 Å². The van der Waals surface area contributed by atoms with Gasteiger partial charge in [0.25, 0.3) is 11.8 Å². The zero-order valence-electron chi connectivity index (χ0n) is 16.0. The van der Waals surface area contributed by atoms with Crippen molar-refractivity contribution in [3.63, 3.8) is 0 Å². The van der Waals surface area contributed by atoms with Crippen molar-refractivity contribution in [1.82, 2.24) is 20.0 Å². The summed E-state index contributed by atoms with van der Waals surface area (Å²) >= 11 is 5.15. The van der Waals surface area contributed by atoms with Crippen LogP contribution in [0.4, 0.5) is 0 Å². The van der Waals surface area contributed by atoms with Gasteiger partial charge in [0.15, 0.2) is 10.2 Å². The van der Waals surface area contributed by atoms with Crippen LogP contribution in [-0.4, -0.2) is 50.5 Å². The van der Waals surface area contributed by atoms with Crippen molar-refractivity contribution in [2.24, 2.45) is 0 Å². The second-order valence-corrected chi connectivity index (χ2v) is 10.2. The van der Waals surface area contributed by atoms with Crippen LogP contribution in [0.2, 0.25) is 0 Å². The number of amides is 1. The summed E-state index contributed by atoms with van der Waals surface area (Å²) in [5.74, 6) is 3.77. The molecule has 1 amide bonds. The van der Waals surface area contributed by atoms with Gasteiger partial charge in [0.2, 0.25) is 0 Å². The Bertz CT molecular complexity index is 1130. The zero-order chi connectivity index (χ0) is 20.3. The molecule has 6 nitrogen and oxygen atoms in total. The highest BCUT2D eigenvalue weighted by Gasteiger charge is 2.19. The van der Waals surface area contributed by atoms with Crippen molar-refractivity contribution < 1.29 is 9.32 Å². The monoisotopic (exact) mass is 454 g/mol. The van der Waals surface area contributed by atoms with Crippen molar-refractivity contribution >= 4 is 51.0 Å². The Hall–Kier alpha value is -2.36. The number of hydrogen-bond acceptors (Lipinski definition) is 8. The Balaban J connectivity index is 1.24. The minimum Gasteiger partial charge on any atom is -0.337 e. The summed E-state index contributed by atoms with van der Waals surface area (Å²) in [6.45, 7) is 1.62. The lowest BCUT2D eigenvalue weighted by molar-refractivity contribution is 0.0772. The predicted molar refractivity (Wildman–Crippen MR) is 122 cm³/mol. The second kappa shape index (κ2) is 8.79. The average molecular weight is 455 g/mol. The molecule has 4 aromatic rings. The van der Waals surface area contributed by atoms with Crippen LogP contribution in [0.1, 0.15) is 16.2 Å². The number of carbonyl (C=O) groups is 1. The van der Waals surface area contributed by atoms with Crippen LogP contribution >= 0.6 is 34.9 Å². The van der Waals surface area contributed by atoms with E-state index in [9.17, 15) is 4.79 Å². The lowest BCUT2D eigenvalue weighted by Gasteiger charge is -2.26. The van der Waals surface area contributed by atoms with E-state index >= 15 is 0 Å². The fourth-order valence-electron chi connectivity index (χ4n) is 3.17. The van der Waals surface area contributed by atoms with E-state index in [0.29, 0.717) is 23.0 Å². The summed E-state index contributed by atoms with van der Waals surface area (Å²) in [6.07, 6.45) is 0. The summed E-state index contributed by atoms with van der Waals surface area (Å²) < 4.78 is 7.59. The first-order valence-electron chi connectivity index (χ1n) is 9.55. The third kappa shape index (κ3) is 4.23. The molecule has 2 aromatic heterocycles. The van der Waals surface area contributed by atoms with Crippen molar-refractivity contribution in [1.29, 1.82) is 0 Å². The summed E-state index contributed by atoms with van der Waals surface area (Å²) in [7, 11) is 0. The van der Waals surface area contributed by atoms with Gasteiger partial charge in [-0.25, -0.2) is 4.98 Å². The Morgan fingerprint density at radius 1 is 1.07 bits per heavy atom. The maximum absolute atomic E-state index is 12.6. The minimum absolute atomic E-state index is 0.0836. The van der Waals surface area contributed by atoms with Crippen molar-refractivity contribution in [2.45, 2.75) is 10.1 Å². The molecule has 1 aliphatic rings. The average Bonchev–Trinajstić information content (AvgIpc) is 3.44. The normalized spacial score (nSPS) is 14.3. The number of fused-ring (bicyclic) bond motifs is 1. The second-order valence-electron chi connectivity index (χ2n) is 6.73. The summed E-state index contributed by atoms with van der Waals surface area (Å²) in [6, 6.07) is 15.5. The number of rotatable bonds is 5. The van der Waals surface area contributed by atoms with Crippen LogP contribution in [0, 0.1) is 0 Å². The van der Waals surface area contributed by atoms with Crippen LogP contribution in [0.15, 0.2) is 57.4 Å². The van der Waals surface area contributed by atoms with Gasteiger partial charge in [0.05, 0.1) is 16.0 Å². The van der Waals surface area contributed by atoms with Gasteiger partial charge in [-0.3, -0.25) is 4.79 Å². The summed E-state index contributed by atoms with van der Waals surface area (Å²) in [5.41, 5.74) is 2.51. The van der Waals surface area contributed by atoms with E-state index in [1.165, 1.54) is 4.70 Å². The number of benzene rings is 2. The first-order chi connectivity index (χ1) is 14.8. The first-order valence-corrected chi connectivity index (χ1v) is 12.5. The third-order valence-electron chi connectivity index (χ3n) is 4.74. The molecule has 0 aliphatic carbocycles. The van der Waals surface area contributed by atoms with E-state index in [4.69, 9.17) is 4.52 Å². The predicted octanol–water partition coefficient (Wildman–Crippen LogP) is 4.83. The Labute approximate surface area is 186 Å². The first kappa shape index (κ1) is 19.6. The van der Waals surface area contributed by atoms with Crippen molar-refractivity contribution in [3.8, 4) is 11.5 Å². The third-order valence-corrected chi connectivity index (χ3v) is 7.86. The SMILES string of the molecule is O=C(c1ccc(-c2nc(CSc3nc4ccccc4s3)no2)cc1)N1CCSCC1. The number of hydrogen-bond donors (Lipinski definition) is 0. The van der Waals surface area contributed by atoms with E-state index in [1.807, 2.05) is 59.1 Å². The lowest BCUT2D eigenvalue weighted by atomic mass is 10.1. The summed E-state index contributed by atoms with van der Waals surface area (Å²) in [5, 5.41) is 4.08. The smallest absolute Gasteiger partial charge is 0.257 e. The maximum Gasteiger partial charge on any atom is 0.257 e. The fraction of sp³-hybridized carbons (Fsp3) is 0.238. The Morgan fingerprint density at radius 3 is 2.67 bits per heavy atom. The highest BCUT2D eigenvalue weighted by molar-refractivity contribution is 8.00. The molecule has 0 saturated carbocycles. The van der Waals surface area contributed by atoms with Gasteiger partial charge in [-0.15, -0.1) is 11.3 Å². The van der Waals surface area contributed by atoms with Crippen LogP contribution in [0.3, 0.4) is 0 Å². The number of carbonyl (C=O) groups excluding carboxylic acids is 1. The molecule has 2 aromatic carbocycles. The van der Waals surface area contributed by atoms with Crippen LogP contribution in [0.5, 0.6) is 0 Å². The van der Waals surface area contributed by atoms with E-state index < -0.39 is 0 Å². The van der Waals surface area contributed by atoms with E-state index in [0.717, 1.165) is 40.0 Å². The van der Waals surface area contributed by atoms with E-state index in [1.54, 1.807) is 23.1 Å². The zero-order valence-corrected chi connectivity index (χ0v) is 18.4. The molecular formula is C21H18N4O2S3. The van der Waals surface area contributed by atoms with E-state index in [2.05, 4.69) is 21.2 Å². The molecule has 3 heterocycles. The van der Waals surface area contributed by atoms with Gasteiger partial charge >= 0.3 is 0 Å². The largest absolute Gasteiger partial charge is 0.337 e. The van der Waals surface area contributed by atoms with Crippen LogP contribution < -0.4 is 0 Å². The molecule has 30 heavy (non-hydrogen) atoms. The molecule has 0 N–H and O–H groups in total. The molecule has 0 radical (unpaired) electrons. The molecule has 9 heteroatoms. The van der Waals surface area contributed by atoms with Crippen molar-refractivity contribution in [3.05, 3.63) is 59.9 Å².